The maximum absolute atomic E-state index is 3.91. The number of hydrogen-bond acceptors (Lipinski definition) is 1. The fourth-order valence-electron chi connectivity index (χ4n) is 6.70. The molecule has 2 heteroatoms. The number of benzene rings is 5. The average molecular weight is 572 g/mol. The maximum atomic E-state index is 3.91. The third-order valence-corrected chi connectivity index (χ3v) is 9.18. The second-order valence-corrected chi connectivity index (χ2v) is 12.1. The van der Waals surface area contributed by atoms with Crippen LogP contribution < -0.4 is 10.4 Å². The summed E-state index contributed by atoms with van der Waals surface area (Å²) < 4.78 is 0. The molecule has 0 bridgehead atoms. The number of allylic oxidation sites excluding steroid dienone is 5. The van der Waals surface area contributed by atoms with Crippen LogP contribution in [0.25, 0.3) is 27.5 Å². The van der Waals surface area contributed by atoms with Crippen molar-refractivity contribution in [3.8, 4) is 11.1 Å². The van der Waals surface area contributed by atoms with E-state index in [1.807, 2.05) is 6.08 Å². The fourth-order valence-corrected chi connectivity index (χ4v) is 6.70. The molecule has 218 valence electrons. The molecule has 0 radical (unpaired) electrons. The number of hydrogen-bond donors (Lipinski definition) is 0. The third kappa shape index (κ3) is 6.22. The molecule has 5 aromatic carbocycles. The van der Waals surface area contributed by atoms with Crippen molar-refractivity contribution < 1.29 is 0 Å². The summed E-state index contributed by atoms with van der Waals surface area (Å²) in [6, 6.07) is 42.5. The van der Waals surface area contributed by atoms with Crippen molar-refractivity contribution in [1.82, 2.24) is 0 Å². The number of anilines is 2. The summed E-state index contributed by atoms with van der Waals surface area (Å²) in [4.78, 5) is 2.38. The summed E-state index contributed by atoms with van der Waals surface area (Å²) in [6.45, 7) is 10.8. The molecule has 1 aliphatic rings. The quantitative estimate of drug-likeness (QED) is 0.0866. The fraction of sp³-hybridized carbons (Fsp3) is 0.190. The van der Waals surface area contributed by atoms with Gasteiger partial charge >= 0.3 is 0 Å². The smallest absolute Gasteiger partial charge is 0.188 e. The van der Waals surface area contributed by atoms with Crippen molar-refractivity contribution in [2.45, 2.75) is 52.4 Å². The van der Waals surface area contributed by atoms with Gasteiger partial charge in [0.25, 0.3) is 0 Å². The van der Waals surface area contributed by atoms with Crippen LogP contribution in [0.4, 0.5) is 11.4 Å². The molecule has 0 fully saturated rings. The summed E-state index contributed by atoms with van der Waals surface area (Å²) in [6.07, 6.45) is 8.47. The van der Waals surface area contributed by atoms with Gasteiger partial charge in [0, 0.05) is 17.1 Å². The van der Waals surface area contributed by atoms with Crippen LogP contribution in [0.15, 0.2) is 145 Å². The Bertz CT molecular complexity index is 1830. The third-order valence-electron chi connectivity index (χ3n) is 9.18. The van der Waals surface area contributed by atoms with E-state index in [0.29, 0.717) is 5.92 Å². The van der Waals surface area contributed by atoms with Gasteiger partial charge in [0.2, 0.25) is 0 Å². The molecular weight excluding hydrogens is 529 g/mol. The Balaban J connectivity index is 1.29. The zero-order chi connectivity index (χ0) is 30.5. The highest BCUT2D eigenvalue weighted by Crippen LogP contribution is 2.37. The highest BCUT2D eigenvalue weighted by molar-refractivity contribution is 6.66. The minimum atomic E-state index is 0.455. The van der Waals surface area contributed by atoms with Crippen LogP contribution >= 0.6 is 0 Å². The number of nitrogens with zero attached hydrogens (tertiary/aromatic N) is 1. The van der Waals surface area contributed by atoms with Crippen LogP contribution in [0.1, 0.15) is 63.5 Å². The first kappa shape index (κ1) is 29.5. The Morgan fingerprint density at radius 3 is 2.23 bits per heavy atom. The topological polar surface area (TPSA) is 3.24 Å². The highest BCUT2D eigenvalue weighted by atomic mass is 15.1. The van der Waals surface area contributed by atoms with Crippen LogP contribution in [0.2, 0.25) is 0 Å². The van der Waals surface area contributed by atoms with Gasteiger partial charge in [0.05, 0.1) is 0 Å². The number of rotatable bonds is 11. The molecule has 0 unspecified atom stereocenters. The molecule has 1 aliphatic heterocycles. The molecule has 1 atom stereocenters. The zero-order valence-electron chi connectivity index (χ0n) is 26.4. The molecule has 0 aliphatic carbocycles. The Labute approximate surface area is 264 Å². The van der Waals surface area contributed by atoms with Crippen LogP contribution in [0, 0.1) is 0 Å². The van der Waals surface area contributed by atoms with Crippen LogP contribution in [-0.4, -0.2) is 7.28 Å². The summed E-state index contributed by atoms with van der Waals surface area (Å²) in [5, 5.41) is 2.56. The molecule has 6 rings (SSSR count). The van der Waals surface area contributed by atoms with Gasteiger partial charge in [0.15, 0.2) is 7.28 Å². The van der Waals surface area contributed by atoms with Gasteiger partial charge in [0.1, 0.15) is 0 Å². The predicted octanol–water partition coefficient (Wildman–Crippen LogP) is 10.9. The van der Waals surface area contributed by atoms with Crippen molar-refractivity contribution in [3.05, 3.63) is 156 Å². The highest BCUT2D eigenvalue weighted by Gasteiger charge is 2.23. The largest absolute Gasteiger partial charge is 0.315 e. The van der Waals surface area contributed by atoms with Gasteiger partial charge in [-0.1, -0.05) is 134 Å². The lowest BCUT2D eigenvalue weighted by atomic mass is 9.65. The minimum Gasteiger partial charge on any atom is -0.315 e. The molecule has 0 saturated carbocycles. The van der Waals surface area contributed by atoms with E-state index in [-0.39, 0.29) is 0 Å². The molecule has 0 saturated heterocycles. The lowest BCUT2D eigenvalue weighted by Gasteiger charge is -2.27. The lowest BCUT2D eigenvalue weighted by molar-refractivity contribution is 0.791. The van der Waals surface area contributed by atoms with E-state index in [9.17, 15) is 0 Å². The Hall–Kier alpha value is -4.56. The van der Waals surface area contributed by atoms with Gasteiger partial charge in [-0.05, 0) is 95.8 Å². The van der Waals surface area contributed by atoms with Crippen molar-refractivity contribution in [3.63, 3.8) is 0 Å². The van der Waals surface area contributed by atoms with Gasteiger partial charge < -0.3 is 4.90 Å². The van der Waals surface area contributed by atoms with Crippen molar-refractivity contribution in [2.75, 3.05) is 4.90 Å². The van der Waals surface area contributed by atoms with Crippen molar-refractivity contribution >= 4 is 40.5 Å². The first-order valence-electron chi connectivity index (χ1n) is 16.1. The Morgan fingerprint density at radius 1 is 0.773 bits per heavy atom. The number of fused-ring (bicyclic) bond motifs is 2. The lowest BCUT2D eigenvalue weighted by Crippen LogP contribution is -2.14. The molecule has 1 heterocycles. The van der Waals surface area contributed by atoms with Crippen molar-refractivity contribution in [2.24, 2.45) is 0 Å². The van der Waals surface area contributed by atoms with E-state index in [1.165, 1.54) is 55.6 Å². The molecule has 0 aromatic heterocycles. The van der Waals surface area contributed by atoms with Gasteiger partial charge in [-0.15, -0.1) is 6.58 Å². The summed E-state index contributed by atoms with van der Waals surface area (Å²) in [5.41, 5.74) is 13.6. The molecular formula is C42H42BN. The second-order valence-electron chi connectivity index (χ2n) is 12.1. The molecule has 0 N–H and O–H groups in total. The van der Waals surface area contributed by atoms with E-state index in [1.54, 1.807) is 11.0 Å². The Morgan fingerprint density at radius 2 is 1.45 bits per heavy atom. The minimum absolute atomic E-state index is 0.455. The van der Waals surface area contributed by atoms with Gasteiger partial charge in [-0.3, -0.25) is 0 Å². The van der Waals surface area contributed by atoms with E-state index in [0.717, 1.165) is 33.0 Å². The first-order chi connectivity index (χ1) is 21.6. The predicted molar refractivity (Wildman–Crippen MR) is 195 cm³/mol. The zero-order valence-corrected chi connectivity index (χ0v) is 26.4. The summed E-state index contributed by atoms with van der Waals surface area (Å²) >= 11 is 0. The molecule has 0 amide bonds. The second kappa shape index (κ2) is 13.4. The first-order valence-corrected chi connectivity index (χ1v) is 16.1. The van der Waals surface area contributed by atoms with Gasteiger partial charge in [-0.25, -0.2) is 0 Å². The molecule has 0 spiro atoms. The van der Waals surface area contributed by atoms with E-state index in [2.05, 4.69) is 154 Å². The maximum Gasteiger partial charge on any atom is 0.188 e. The Kier molecular flexibility index (Phi) is 8.98. The van der Waals surface area contributed by atoms with E-state index in [4.69, 9.17) is 0 Å². The molecule has 44 heavy (non-hydrogen) atoms. The van der Waals surface area contributed by atoms with Crippen molar-refractivity contribution in [1.29, 1.82) is 0 Å². The summed E-state index contributed by atoms with van der Waals surface area (Å²) in [7, 11) is 1.11. The average Bonchev–Trinajstić information content (AvgIpc) is 3.42. The summed E-state index contributed by atoms with van der Waals surface area (Å²) in [5.74, 6) is 0.455. The van der Waals surface area contributed by atoms with E-state index < -0.39 is 0 Å². The van der Waals surface area contributed by atoms with Crippen LogP contribution in [0.3, 0.4) is 0 Å². The molecule has 5 aromatic rings. The van der Waals surface area contributed by atoms with Gasteiger partial charge in [-0.2, -0.15) is 0 Å². The normalized spacial score (nSPS) is 13.5. The van der Waals surface area contributed by atoms with Crippen LogP contribution in [0.5, 0.6) is 0 Å². The number of unbranched alkanes of at least 4 members (excludes halogenated alkanes) is 1. The SMILES string of the molecule is C=CCC/C=C(\C)N(c1ccc(-c2ccccc2)cc1)c1ccc2cc([C@@H](C)CC3=C(CC)Bc4ccccc43)ccc2c1. The standard InChI is InChI=1S/C42H42BN/c1-5-7-9-14-31(4)44(37-24-21-33(22-25-37)32-15-10-8-11-16-32)38-26-23-35-28-34(19-20-36(35)29-38)30(3)27-40-39-17-12-13-18-42(39)43-41(40)6-2/h5,8,10-26,28-30,43H,1,6-7,9,27H2,2-4H3/b31-14+/t30-/m0/s1. The molecule has 1 nitrogen and oxygen atoms in total. The monoisotopic (exact) mass is 571 g/mol. The van der Waals surface area contributed by atoms with E-state index >= 15 is 0 Å². The van der Waals surface area contributed by atoms with Crippen LogP contribution in [-0.2, 0) is 0 Å².